The van der Waals surface area contributed by atoms with Crippen LogP contribution in [-0.2, 0) is 0 Å². The van der Waals surface area contributed by atoms with Gasteiger partial charge in [-0.05, 0) is 47.2 Å². The Balaban J connectivity index is 1.70. The summed E-state index contributed by atoms with van der Waals surface area (Å²) in [6.07, 6.45) is 0. The minimum absolute atomic E-state index is 0.655. The van der Waals surface area contributed by atoms with Crippen LogP contribution in [0.3, 0.4) is 0 Å². The first-order chi connectivity index (χ1) is 14.2. The van der Waals surface area contributed by atoms with Crippen LogP contribution in [0.1, 0.15) is 12.5 Å². The molecule has 0 unspecified atom stereocenters. The Labute approximate surface area is 183 Å². The molecule has 4 rings (SSSR count). The maximum Gasteiger partial charge on any atom is 0.162 e. The fraction of sp³-hybridized carbons (Fsp3) is 0.0417. The van der Waals surface area contributed by atoms with Crippen LogP contribution in [0.15, 0.2) is 96.1 Å². The normalized spacial score (nSPS) is 11.3. The van der Waals surface area contributed by atoms with Crippen molar-refractivity contribution < 1.29 is 0 Å². The van der Waals surface area contributed by atoms with Crippen molar-refractivity contribution in [1.82, 2.24) is 9.97 Å². The first kappa shape index (κ1) is 19.3. The van der Waals surface area contributed by atoms with Crippen LogP contribution >= 0.6 is 22.6 Å². The minimum atomic E-state index is 0.655. The van der Waals surface area contributed by atoms with E-state index in [0.29, 0.717) is 11.6 Å². The molecule has 5 heteroatoms. The number of hydrogen-bond donors (Lipinski definition) is 1. The average molecular weight is 490 g/mol. The Kier molecular flexibility index (Phi) is 5.95. The highest BCUT2D eigenvalue weighted by Crippen LogP contribution is 2.24. The number of nitrogens with one attached hydrogen (secondary N) is 1. The molecule has 0 aliphatic rings. The number of rotatable bonds is 5. The van der Waals surface area contributed by atoms with E-state index >= 15 is 0 Å². The highest BCUT2D eigenvalue weighted by atomic mass is 127. The third-order valence-corrected chi connectivity index (χ3v) is 5.15. The van der Waals surface area contributed by atoms with Crippen molar-refractivity contribution in [3.8, 4) is 22.6 Å². The molecule has 0 aliphatic heterocycles. The van der Waals surface area contributed by atoms with E-state index in [0.717, 1.165) is 28.1 Å². The molecule has 0 atom stereocenters. The van der Waals surface area contributed by atoms with E-state index in [1.54, 1.807) is 0 Å². The summed E-state index contributed by atoms with van der Waals surface area (Å²) in [7, 11) is 0. The van der Waals surface area contributed by atoms with Gasteiger partial charge in [-0.2, -0.15) is 5.10 Å². The lowest BCUT2D eigenvalue weighted by Crippen LogP contribution is -2.03. The number of hydrazone groups is 1. The van der Waals surface area contributed by atoms with Gasteiger partial charge in [0.15, 0.2) is 11.6 Å². The Morgan fingerprint density at radius 3 is 2.07 bits per heavy atom. The van der Waals surface area contributed by atoms with Gasteiger partial charge in [0.1, 0.15) is 0 Å². The molecule has 29 heavy (non-hydrogen) atoms. The van der Waals surface area contributed by atoms with Gasteiger partial charge in [0.2, 0.25) is 0 Å². The standard InChI is InChI=1S/C24H19IN4/c1-17(18-12-14-21(25)15-13-18)28-29-23-16-22(19-8-4-2-5-9-19)26-24(27-23)20-10-6-3-7-11-20/h2-16H,1H3,(H,26,27,29)/b28-17+. The number of nitrogens with zero attached hydrogens (tertiary/aromatic N) is 3. The van der Waals surface area contributed by atoms with Gasteiger partial charge < -0.3 is 0 Å². The molecular formula is C24H19IN4. The van der Waals surface area contributed by atoms with E-state index in [-0.39, 0.29) is 0 Å². The summed E-state index contributed by atoms with van der Waals surface area (Å²) in [6.45, 7) is 1.98. The van der Waals surface area contributed by atoms with Gasteiger partial charge in [-0.15, -0.1) is 0 Å². The van der Waals surface area contributed by atoms with Crippen molar-refractivity contribution in [2.75, 3.05) is 5.43 Å². The number of benzene rings is 3. The smallest absolute Gasteiger partial charge is 0.162 e. The molecule has 0 saturated heterocycles. The topological polar surface area (TPSA) is 50.2 Å². The van der Waals surface area contributed by atoms with Crippen LogP contribution in [0.4, 0.5) is 5.82 Å². The molecule has 0 saturated carbocycles. The maximum atomic E-state index is 4.77. The molecule has 0 radical (unpaired) electrons. The minimum Gasteiger partial charge on any atom is -0.261 e. The second-order valence-corrected chi connectivity index (χ2v) is 7.76. The monoisotopic (exact) mass is 490 g/mol. The van der Waals surface area contributed by atoms with Crippen LogP contribution < -0.4 is 5.43 Å². The second kappa shape index (κ2) is 8.96. The number of anilines is 1. The van der Waals surface area contributed by atoms with E-state index < -0.39 is 0 Å². The van der Waals surface area contributed by atoms with E-state index in [4.69, 9.17) is 4.98 Å². The van der Waals surface area contributed by atoms with Gasteiger partial charge in [0, 0.05) is 20.8 Å². The SMILES string of the molecule is C/C(=N\Nc1cc(-c2ccccc2)nc(-c2ccccc2)n1)c1ccc(I)cc1. The van der Waals surface area contributed by atoms with E-state index in [2.05, 4.69) is 62.4 Å². The van der Waals surface area contributed by atoms with Crippen molar-refractivity contribution in [2.45, 2.75) is 6.92 Å². The lowest BCUT2D eigenvalue weighted by atomic mass is 10.1. The molecule has 0 spiro atoms. The highest BCUT2D eigenvalue weighted by molar-refractivity contribution is 14.1. The Morgan fingerprint density at radius 1 is 0.793 bits per heavy atom. The average Bonchev–Trinajstić information content (AvgIpc) is 2.79. The van der Waals surface area contributed by atoms with Crippen molar-refractivity contribution in [3.05, 3.63) is 100 Å². The largest absolute Gasteiger partial charge is 0.261 e. The first-order valence-electron chi connectivity index (χ1n) is 9.25. The molecule has 142 valence electrons. The fourth-order valence-corrected chi connectivity index (χ4v) is 3.23. The molecule has 0 aliphatic carbocycles. The number of halogens is 1. The quantitative estimate of drug-likeness (QED) is 0.204. The molecule has 4 nitrogen and oxygen atoms in total. The van der Waals surface area contributed by atoms with Crippen LogP contribution in [0, 0.1) is 3.57 Å². The first-order valence-corrected chi connectivity index (χ1v) is 10.3. The van der Waals surface area contributed by atoms with Crippen LogP contribution in [0.5, 0.6) is 0 Å². The highest BCUT2D eigenvalue weighted by Gasteiger charge is 2.08. The summed E-state index contributed by atoms with van der Waals surface area (Å²) < 4.78 is 1.20. The van der Waals surface area contributed by atoms with Gasteiger partial charge >= 0.3 is 0 Å². The van der Waals surface area contributed by atoms with Gasteiger partial charge in [0.25, 0.3) is 0 Å². The number of aromatic nitrogens is 2. The predicted octanol–water partition coefficient (Wildman–Crippen LogP) is 6.25. The zero-order valence-electron chi connectivity index (χ0n) is 15.9. The van der Waals surface area contributed by atoms with E-state index in [1.807, 2.05) is 73.7 Å². The van der Waals surface area contributed by atoms with Gasteiger partial charge in [-0.1, -0.05) is 72.8 Å². The van der Waals surface area contributed by atoms with Gasteiger partial charge in [0.05, 0.1) is 11.4 Å². The Bertz CT molecular complexity index is 1070. The molecule has 0 amide bonds. The molecule has 0 fully saturated rings. The van der Waals surface area contributed by atoms with Crippen LogP contribution in [0.2, 0.25) is 0 Å². The van der Waals surface area contributed by atoms with Crippen molar-refractivity contribution in [3.63, 3.8) is 0 Å². The summed E-state index contributed by atoms with van der Waals surface area (Å²) in [5.74, 6) is 1.32. The Morgan fingerprint density at radius 2 is 1.41 bits per heavy atom. The zero-order valence-corrected chi connectivity index (χ0v) is 18.0. The molecule has 1 N–H and O–H groups in total. The van der Waals surface area contributed by atoms with Crippen LogP contribution in [-0.4, -0.2) is 15.7 Å². The molecule has 4 aromatic rings. The van der Waals surface area contributed by atoms with Crippen molar-refractivity contribution in [1.29, 1.82) is 0 Å². The lowest BCUT2D eigenvalue weighted by Gasteiger charge is -2.09. The molecular weight excluding hydrogens is 471 g/mol. The lowest BCUT2D eigenvalue weighted by molar-refractivity contribution is 1.15. The fourth-order valence-electron chi connectivity index (χ4n) is 2.87. The Hall–Kier alpha value is -3.06. The van der Waals surface area contributed by atoms with E-state index in [9.17, 15) is 0 Å². The van der Waals surface area contributed by atoms with Crippen LogP contribution in [0.25, 0.3) is 22.6 Å². The maximum absolute atomic E-state index is 4.77. The summed E-state index contributed by atoms with van der Waals surface area (Å²) in [6, 6.07) is 30.3. The summed E-state index contributed by atoms with van der Waals surface area (Å²) in [5, 5.41) is 4.54. The third-order valence-electron chi connectivity index (χ3n) is 4.43. The number of hydrogen-bond acceptors (Lipinski definition) is 4. The van der Waals surface area contributed by atoms with Gasteiger partial charge in [-0.3, -0.25) is 5.43 Å². The van der Waals surface area contributed by atoms with Crippen molar-refractivity contribution >= 4 is 34.1 Å². The van der Waals surface area contributed by atoms with E-state index in [1.165, 1.54) is 3.57 Å². The predicted molar refractivity (Wildman–Crippen MR) is 128 cm³/mol. The van der Waals surface area contributed by atoms with Crippen molar-refractivity contribution in [2.24, 2.45) is 5.10 Å². The molecule has 1 heterocycles. The summed E-state index contributed by atoms with van der Waals surface area (Å²) in [4.78, 5) is 9.45. The third kappa shape index (κ3) is 4.86. The molecule has 3 aromatic carbocycles. The second-order valence-electron chi connectivity index (χ2n) is 6.51. The zero-order chi connectivity index (χ0) is 20.1. The summed E-state index contributed by atoms with van der Waals surface area (Å²) >= 11 is 2.30. The molecule has 1 aromatic heterocycles. The van der Waals surface area contributed by atoms with Gasteiger partial charge in [-0.25, -0.2) is 9.97 Å². The molecule has 0 bridgehead atoms. The summed E-state index contributed by atoms with van der Waals surface area (Å²) in [5.41, 5.74) is 7.92.